The molecule has 2 heterocycles. The molecular weight excluding hydrogens is 238 g/mol. The lowest BCUT2D eigenvalue weighted by Gasteiger charge is -2.04. The van der Waals surface area contributed by atoms with Crippen molar-refractivity contribution >= 4 is 17.2 Å². The van der Waals surface area contributed by atoms with Crippen molar-refractivity contribution in [1.82, 2.24) is 9.38 Å². The van der Waals surface area contributed by atoms with Crippen LogP contribution in [0.15, 0.2) is 60.9 Å². The Bertz CT molecular complexity index is 703. The van der Waals surface area contributed by atoms with E-state index in [1.54, 1.807) is 6.20 Å². The maximum Gasteiger partial charge on any atom is 0.230 e. The number of amides is 1. The quantitative estimate of drug-likeness (QED) is 0.777. The lowest BCUT2D eigenvalue weighted by atomic mass is 10.2. The van der Waals surface area contributed by atoms with E-state index in [9.17, 15) is 4.79 Å². The molecule has 4 heteroatoms. The van der Waals surface area contributed by atoms with E-state index >= 15 is 0 Å². The van der Waals surface area contributed by atoms with Crippen LogP contribution >= 0.6 is 0 Å². The van der Waals surface area contributed by atoms with Gasteiger partial charge in [0.2, 0.25) is 5.91 Å². The van der Waals surface area contributed by atoms with Gasteiger partial charge in [-0.15, -0.1) is 0 Å². The van der Waals surface area contributed by atoms with E-state index in [4.69, 9.17) is 0 Å². The fraction of sp³-hybridized carbons (Fsp3) is 0.0667. The van der Waals surface area contributed by atoms with Gasteiger partial charge in [-0.3, -0.25) is 4.79 Å². The number of rotatable bonds is 3. The highest BCUT2D eigenvalue weighted by atomic mass is 16.1. The number of para-hydroxylation sites is 1. The molecule has 19 heavy (non-hydrogen) atoms. The van der Waals surface area contributed by atoms with Crippen molar-refractivity contribution in [3.05, 3.63) is 66.6 Å². The molecule has 0 atom stereocenters. The van der Waals surface area contributed by atoms with Crippen molar-refractivity contribution in [1.29, 1.82) is 0 Å². The van der Waals surface area contributed by atoms with Gasteiger partial charge in [0.25, 0.3) is 0 Å². The molecule has 0 saturated carbocycles. The Morgan fingerprint density at radius 1 is 1.11 bits per heavy atom. The van der Waals surface area contributed by atoms with E-state index < -0.39 is 0 Å². The maximum absolute atomic E-state index is 12.0. The molecule has 0 aliphatic rings. The molecule has 0 saturated heterocycles. The highest BCUT2D eigenvalue weighted by Crippen LogP contribution is 2.09. The third kappa shape index (κ3) is 2.47. The van der Waals surface area contributed by atoms with Gasteiger partial charge < -0.3 is 9.72 Å². The van der Waals surface area contributed by atoms with Crippen LogP contribution in [0, 0.1) is 0 Å². The first-order valence-corrected chi connectivity index (χ1v) is 6.09. The summed E-state index contributed by atoms with van der Waals surface area (Å²) in [5, 5.41) is 2.86. The van der Waals surface area contributed by atoms with Crippen molar-refractivity contribution in [2.24, 2.45) is 0 Å². The Labute approximate surface area is 110 Å². The van der Waals surface area contributed by atoms with Crippen LogP contribution in [0.2, 0.25) is 0 Å². The summed E-state index contributed by atoms with van der Waals surface area (Å²) in [5.74, 6) is -0.0446. The number of imidazole rings is 1. The van der Waals surface area contributed by atoms with Gasteiger partial charge in [0, 0.05) is 18.1 Å². The fourth-order valence-electron chi connectivity index (χ4n) is 2.01. The molecule has 3 rings (SSSR count). The molecule has 3 aromatic rings. The van der Waals surface area contributed by atoms with Crippen molar-refractivity contribution in [3.8, 4) is 0 Å². The summed E-state index contributed by atoms with van der Waals surface area (Å²) in [6, 6.07) is 15.2. The summed E-state index contributed by atoms with van der Waals surface area (Å²) in [7, 11) is 0. The molecule has 1 amide bonds. The molecule has 1 aromatic carbocycles. The zero-order valence-corrected chi connectivity index (χ0v) is 10.3. The molecule has 2 aromatic heterocycles. The van der Waals surface area contributed by atoms with Crippen LogP contribution in [0.1, 0.15) is 5.69 Å². The van der Waals surface area contributed by atoms with Crippen LogP contribution in [0.5, 0.6) is 0 Å². The molecule has 0 radical (unpaired) electrons. The van der Waals surface area contributed by atoms with E-state index in [0.717, 1.165) is 17.0 Å². The molecule has 1 N–H and O–H groups in total. The minimum Gasteiger partial charge on any atom is -0.326 e. The Balaban J connectivity index is 1.76. The second-order valence-electron chi connectivity index (χ2n) is 4.27. The molecule has 4 nitrogen and oxygen atoms in total. The first-order valence-electron chi connectivity index (χ1n) is 6.09. The van der Waals surface area contributed by atoms with Crippen LogP contribution in [0.3, 0.4) is 0 Å². The third-order valence-corrected chi connectivity index (χ3v) is 2.89. The highest BCUT2D eigenvalue weighted by Gasteiger charge is 2.08. The number of carbonyl (C=O) groups is 1. The fourth-order valence-corrected chi connectivity index (χ4v) is 2.01. The van der Waals surface area contributed by atoms with Gasteiger partial charge in [0.05, 0.1) is 12.1 Å². The Kier molecular flexibility index (Phi) is 2.98. The predicted octanol–water partition coefficient (Wildman–Crippen LogP) is 2.52. The minimum absolute atomic E-state index is 0.0446. The summed E-state index contributed by atoms with van der Waals surface area (Å²) in [6.45, 7) is 0. The summed E-state index contributed by atoms with van der Waals surface area (Å²) >= 11 is 0. The SMILES string of the molecule is O=C(Cc1cnc2ccccn12)Nc1ccccc1. The van der Waals surface area contributed by atoms with E-state index in [0.29, 0.717) is 6.42 Å². The molecular formula is C15H13N3O. The number of aromatic nitrogens is 2. The van der Waals surface area contributed by atoms with E-state index in [-0.39, 0.29) is 5.91 Å². The Morgan fingerprint density at radius 2 is 1.89 bits per heavy atom. The zero-order chi connectivity index (χ0) is 13.1. The number of fused-ring (bicyclic) bond motifs is 1. The number of pyridine rings is 1. The molecule has 0 fully saturated rings. The second kappa shape index (κ2) is 4.94. The van der Waals surface area contributed by atoms with Crippen molar-refractivity contribution in [2.75, 3.05) is 5.32 Å². The van der Waals surface area contributed by atoms with Crippen molar-refractivity contribution in [3.63, 3.8) is 0 Å². The maximum atomic E-state index is 12.0. The standard InChI is InChI=1S/C15H13N3O/c19-15(17-12-6-2-1-3-7-12)10-13-11-16-14-8-4-5-9-18(13)14/h1-9,11H,10H2,(H,17,19). The average molecular weight is 251 g/mol. The number of carbonyl (C=O) groups excluding carboxylic acids is 1. The first kappa shape index (κ1) is 11.5. The van der Waals surface area contributed by atoms with Gasteiger partial charge >= 0.3 is 0 Å². The number of nitrogens with one attached hydrogen (secondary N) is 1. The Hall–Kier alpha value is -2.62. The van der Waals surface area contributed by atoms with Crippen LogP contribution in [0.25, 0.3) is 5.65 Å². The van der Waals surface area contributed by atoms with Crippen LogP contribution < -0.4 is 5.32 Å². The molecule has 0 aliphatic heterocycles. The third-order valence-electron chi connectivity index (χ3n) is 2.89. The van der Waals surface area contributed by atoms with Crippen LogP contribution in [-0.4, -0.2) is 15.3 Å². The minimum atomic E-state index is -0.0446. The molecule has 0 aliphatic carbocycles. The highest BCUT2D eigenvalue weighted by molar-refractivity contribution is 5.92. The van der Waals surface area contributed by atoms with Crippen molar-refractivity contribution in [2.45, 2.75) is 6.42 Å². The summed E-state index contributed by atoms with van der Waals surface area (Å²) in [4.78, 5) is 16.2. The molecule has 0 bridgehead atoms. The largest absolute Gasteiger partial charge is 0.326 e. The Morgan fingerprint density at radius 3 is 2.74 bits per heavy atom. The van der Waals surface area contributed by atoms with Gasteiger partial charge in [-0.1, -0.05) is 24.3 Å². The summed E-state index contributed by atoms with van der Waals surface area (Å²) in [6.07, 6.45) is 3.95. The summed E-state index contributed by atoms with van der Waals surface area (Å²) in [5.41, 5.74) is 2.54. The molecule has 0 spiro atoms. The zero-order valence-electron chi connectivity index (χ0n) is 10.3. The van der Waals surface area contributed by atoms with Crippen LogP contribution in [-0.2, 0) is 11.2 Å². The number of anilines is 1. The van der Waals surface area contributed by atoms with Gasteiger partial charge in [0.15, 0.2) is 0 Å². The van der Waals surface area contributed by atoms with Gasteiger partial charge in [-0.05, 0) is 24.3 Å². The lowest BCUT2D eigenvalue weighted by molar-refractivity contribution is -0.115. The first-order chi connectivity index (χ1) is 9.33. The number of benzene rings is 1. The number of hydrogen-bond acceptors (Lipinski definition) is 2. The predicted molar refractivity (Wildman–Crippen MR) is 74.0 cm³/mol. The monoisotopic (exact) mass is 251 g/mol. The normalized spacial score (nSPS) is 10.5. The second-order valence-corrected chi connectivity index (χ2v) is 4.27. The molecule has 94 valence electrons. The van der Waals surface area contributed by atoms with Gasteiger partial charge in [-0.2, -0.15) is 0 Å². The smallest absolute Gasteiger partial charge is 0.230 e. The van der Waals surface area contributed by atoms with Crippen LogP contribution in [0.4, 0.5) is 5.69 Å². The van der Waals surface area contributed by atoms with Gasteiger partial charge in [-0.25, -0.2) is 4.98 Å². The van der Waals surface area contributed by atoms with E-state index in [2.05, 4.69) is 10.3 Å². The number of hydrogen-bond donors (Lipinski definition) is 1. The lowest BCUT2D eigenvalue weighted by Crippen LogP contribution is -2.15. The topological polar surface area (TPSA) is 46.4 Å². The average Bonchev–Trinajstić information content (AvgIpc) is 2.83. The summed E-state index contributed by atoms with van der Waals surface area (Å²) < 4.78 is 1.92. The van der Waals surface area contributed by atoms with Crippen molar-refractivity contribution < 1.29 is 4.79 Å². The van der Waals surface area contributed by atoms with E-state index in [1.165, 1.54) is 0 Å². The molecule has 0 unspecified atom stereocenters. The van der Waals surface area contributed by atoms with E-state index in [1.807, 2.05) is 59.1 Å². The number of nitrogens with zero attached hydrogens (tertiary/aromatic N) is 2. The van der Waals surface area contributed by atoms with Gasteiger partial charge in [0.1, 0.15) is 5.65 Å².